The summed E-state index contributed by atoms with van der Waals surface area (Å²) in [6.45, 7) is 1.37. The minimum Gasteiger partial charge on any atom is -0.478 e. The van der Waals surface area contributed by atoms with Gasteiger partial charge in [-0.1, -0.05) is 6.07 Å². The Morgan fingerprint density at radius 3 is 2.62 bits per heavy atom. The number of hydrogen-bond donors (Lipinski definition) is 1. The predicted molar refractivity (Wildman–Crippen MR) is 93.7 cm³/mol. The van der Waals surface area contributed by atoms with E-state index in [0.717, 1.165) is 16.2 Å². The number of aliphatic carboxylic acids is 1. The van der Waals surface area contributed by atoms with Gasteiger partial charge in [-0.2, -0.15) is 4.31 Å². The van der Waals surface area contributed by atoms with E-state index in [0.29, 0.717) is 31.2 Å². The monoisotopic (exact) mass is 385 g/mol. The van der Waals surface area contributed by atoms with Crippen molar-refractivity contribution in [2.75, 3.05) is 26.3 Å². The zero-order valence-corrected chi connectivity index (χ0v) is 15.0. The average molecular weight is 385 g/mol. The van der Waals surface area contributed by atoms with Gasteiger partial charge in [0.05, 0.1) is 18.8 Å². The molecule has 9 heteroatoms. The van der Waals surface area contributed by atoms with E-state index in [4.69, 9.17) is 4.74 Å². The smallest absolute Gasteiger partial charge is 0.337 e. The Morgan fingerprint density at radius 1 is 1.25 bits per heavy atom. The molecule has 3 heterocycles. The van der Waals surface area contributed by atoms with Gasteiger partial charge in [0, 0.05) is 22.8 Å². The normalized spacial score (nSPS) is 17.1. The Morgan fingerprint density at radius 2 is 2.00 bits per heavy atom. The minimum absolute atomic E-state index is 0.0888. The molecule has 128 valence electrons. The number of nitrogens with zero attached hydrogens (tertiary/aromatic N) is 1. The Bertz CT molecular complexity index is 846. The molecule has 2 aromatic heterocycles. The molecule has 1 fully saturated rings. The van der Waals surface area contributed by atoms with Gasteiger partial charge in [0.15, 0.2) is 0 Å². The van der Waals surface area contributed by atoms with Crippen molar-refractivity contribution in [2.45, 2.75) is 4.21 Å². The first-order valence-corrected chi connectivity index (χ1v) is 10.3. The van der Waals surface area contributed by atoms with Gasteiger partial charge in [-0.05, 0) is 29.7 Å². The number of rotatable bonds is 5. The van der Waals surface area contributed by atoms with Crippen LogP contribution in [0, 0.1) is 0 Å². The summed E-state index contributed by atoms with van der Waals surface area (Å²) < 4.78 is 31.9. The highest BCUT2D eigenvalue weighted by molar-refractivity contribution is 7.91. The molecule has 0 radical (unpaired) electrons. The Hall–Kier alpha value is -1.52. The molecule has 3 rings (SSSR count). The molecule has 1 N–H and O–H groups in total. The Labute approximate surface area is 147 Å². The van der Waals surface area contributed by atoms with Gasteiger partial charge >= 0.3 is 5.97 Å². The zero-order chi connectivity index (χ0) is 17.2. The van der Waals surface area contributed by atoms with Crippen LogP contribution in [-0.4, -0.2) is 50.1 Å². The number of thiophene rings is 2. The van der Waals surface area contributed by atoms with Crippen molar-refractivity contribution >= 4 is 50.3 Å². The Kier molecular flexibility index (Phi) is 5.16. The lowest BCUT2D eigenvalue weighted by Crippen LogP contribution is -2.40. The lowest BCUT2D eigenvalue weighted by Gasteiger charge is -2.25. The second-order valence-corrected chi connectivity index (χ2v) is 9.24. The van der Waals surface area contributed by atoms with Gasteiger partial charge < -0.3 is 9.84 Å². The van der Waals surface area contributed by atoms with Crippen LogP contribution in [0.2, 0.25) is 0 Å². The zero-order valence-electron chi connectivity index (χ0n) is 12.5. The number of carboxylic acid groups (broad SMARTS) is 1. The molecule has 0 atom stereocenters. The SMILES string of the molecule is O=C(O)/C(=C/c1cccs1)c1ccc(S(=O)(=O)N2CCOCC2)s1. The second-order valence-electron chi connectivity index (χ2n) is 5.01. The summed E-state index contributed by atoms with van der Waals surface area (Å²) in [5.41, 5.74) is 0.0888. The second kappa shape index (κ2) is 7.16. The lowest BCUT2D eigenvalue weighted by molar-refractivity contribution is -0.130. The molecule has 0 amide bonds. The highest BCUT2D eigenvalue weighted by atomic mass is 32.2. The van der Waals surface area contributed by atoms with Crippen molar-refractivity contribution in [1.29, 1.82) is 0 Å². The lowest BCUT2D eigenvalue weighted by atomic mass is 10.2. The van der Waals surface area contributed by atoms with Crippen LogP contribution in [0.3, 0.4) is 0 Å². The van der Waals surface area contributed by atoms with E-state index >= 15 is 0 Å². The third-order valence-electron chi connectivity index (χ3n) is 3.47. The number of ether oxygens (including phenoxy) is 1. The summed E-state index contributed by atoms with van der Waals surface area (Å²) in [6, 6.07) is 6.66. The van der Waals surface area contributed by atoms with Crippen LogP contribution in [0.25, 0.3) is 11.6 Å². The molecule has 1 aliphatic heterocycles. The Balaban J connectivity index is 1.92. The fourth-order valence-corrected chi connectivity index (χ4v) is 5.81. The van der Waals surface area contributed by atoms with E-state index in [-0.39, 0.29) is 9.78 Å². The maximum Gasteiger partial charge on any atom is 0.337 e. The highest BCUT2D eigenvalue weighted by Crippen LogP contribution is 2.31. The molecule has 0 spiro atoms. The third-order valence-corrected chi connectivity index (χ3v) is 7.78. The molecule has 0 saturated carbocycles. The molecule has 0 aliphatic carbocycles. The molecule has 1 saturated heterocycles. The maximum atomic E-state index is 12.6. The van der Waals surface area contributed by atoms with Gasteiger partial charge in [0.1, 0.15) is 4.21 Å². The third kappa shape index (κ3) is 3.60. The van der Waals surface area contributed by atoms with Crippen molar-refractivity contribution in [3.63, 3.8) is 0 Å². The van der Waals surface area contributed by atoms with E-state index in [9.17, 15) is 18.3 Å². The molecular formula is C15H15NO5S3. The van der Waals surface area contributed by atoms with E-state index in [1.807, 2.05) is 17.5 Å². The van der Waals surface area contributed by atoms with Crippen LogP contribution in [0.1, 0.15) is 9.75 Å². The largest absolute Gasteiger partial charge is 0.478 e. The molecule has 0 bridgehead atoms. The van der Waals surface area contributed by atoms with Gasteiger partial charge in [-0.25, -0.2) is 13.2 Å². The minimum atomic E-state index is -3.61. The number of hydrogen-bond acceptors (Lipinski definition) is 6. The van der Waals surface area contributed by atoms with Crippen LogP contribution in [-0.2, 0) is 19.6 Å². The van der Waals surface area contributed by atoms with Gasteiger partial charge in [0.2, 0.25) is 0 Å². The molecule has 1 aliphatic rings. The molecular weight excluding hydrogens is 370 g/mol. The first-order chi connectivity index (χ1) is 11.5. The van der Waals surface area contributed by atoms with E-state index in [2.05, 4.69) is 0 Å². The average Bonchev–Trinajstić information content (AvgIpc) is 3.25. The van der Waals surface area contributed by atoms with Crippen LogP contribution in [0.15, 0.2) is 33.9 Å². The summed E-state index contributed by atoms with van der Waals surface area (Å²) >= 11 is 2.40. The summed E-state index contributed by atoms with van der Waals surface area (Å²) in [4.78, 5) is 12.8. The first-order valence-electron chi connectivity index (χ1n) is 7.15. The fourth-order valence-electron chi connectivity index (χ4n) is 2.27. The van der Waals surface area contributed by atoms with E-state index in [1.165, 1.54) is 21.7 Å². The van der Waals surface area contributed by atoms with Crippen LogP contribution >= 0.6 is 22.7 Å². The van der Waals surface area contributed by atoms with E-state index < -0.39 is 16.0 Å². The van der Waals surface area contributed by atoms with Crippen LogP contribution in [0.4, 0.5) is 0 Å². The highest BCUT2D eigenvalue weighted by Gasteiger charge is 2.28. The van der Waals surface area contributed by atoms with Gasteiger partial charge in [0.25, 0.3) is 10.0 Å². The quantitative estimate of drug-likeness (QED) is 0.800. The van der Waals surface area contributed by atoms with Crippen molar-refractivity contribution in [3.8, 4) is 0 Å². The number of morpholine rings is 1. The molecule has 6 nitrogen and oxygen atoms in total. The van der Waals surface area contributed by atoms with Crippen molar-refractivity contribution in [2.24, 2.45) is 0 Å². The van der Waals surface area contributed by atoms with Crippen molar-refractivity contribution < 1.29 is 23.1 Å². The van der Waals surface area contributed by atoms with Crippen LogP contribution < -0.4 is 0 Å². The summed E-state index contributed by atoms with van der Waals surface area (Å²) in [6.07, 6.45) is 1.56. The summed E-state index contributed by atoms with van der Waals surface area (Å²) in [5, 5.41) is 11.3. The first kappa shape index (κ1) is 17.3. The molecule has 0 aromatic carbocycles. The van der Waals surface area contributed by atoms with E-state index in [1.54, 1.807) is 12.1 Å². The number of sulfonamides is 1. The molecule has 24 heavy (non-hydrogen) atoms. The van der Waals surface area contributed by atoms with Crippen molar-refractivity contribution in [1.82, 2.24) is 4.31 Å². The fraction of sp³-hybridized carbons (Fsp3) is 0.267. The maximum absolute atomic E-state index is 12.6. The summed E-state index contributed by atoms with van der Waals surface area (Å²) in [5.74, 6) is -1.08. The van der Waals surface area contributed by atoms with Crippen molar-refractivity contribution in [3.05, 3.63) is 39.4 Å². The van der Waals surface area contributed by atoms with Gasteiger partial charge in [-0.3, -0.25) is 0 Å². The number of carbonyl (C=O) groups is 1. The van der Waals surface area contributed by atoms with Gasteiger partial charge in [-0.15, -0.1) is 22.7 Å². The predicted octanol–water partition coefficient (Wildman–Crippen LogP) is 2.46. The number of carboxylic acids is 1. The topological polar surface area (TPSA) is 83.9 Å². The molecule has 0 unspecified atom stereocenters. The van der Waals surface area contributed by atoms with Crippen LogP contribution in [0.5, 0.6) is 0 Å². The summed E-state index contributed by atoms with van der Waals surface area (Å²) in [7, 11) is -3.61. The standard InChI is InChI=1S/C15H15NO5S3/c17-15(18)12(10-11-2-1-9-22-11)13-3-4-14(23-13)24(19,20)16-5-7-21-8-6-16/h1-4,9-10H,5-8H2,(H,17,18)/b12-10+. The molecule has 2 aromatic rings.